The molecule has 0 aliphatic heterocycles. The maximum absolute atomic E-state index is 4.17. The van der Waals surface area contributed by atoms with Gasteiger partial charge >= 0.3 is 0 Å². The van der Waals surface area contributed by atoms with Gasteiger partial charge < -0.3 is 14.9 Å². The Kier molecular flexibility index (Phi) is 3.10. The minimum Gasteiger partial charge on any atom is -0.352 e. The van der Waals surface area contributed by atoms with E-state index >= 15 is 0 Å². The second-order valence-electron chi connectivity index (χ2n) is 4.09. The van der Waals surface area contributed by atoms with Gasteiger partial charge in [0.1, 0.15) is 5.82 Å². The number of aromatic amines is 1. The molecule has 4 heteroatoms. The topological polar surface area (TPSA) is 45.6 Å². The van der Waals surface area contributed by atoms with Gasteiger partial charge in [-0.05, 0) is 25.5 Å². The first-order valence-electron chi connectivity index (χ1n) is 5.49. The highest BCUT2D eigenvalue weighted by Gasteiger charge is 2.05. The van der Waals surface area contributed by atoms with Crippen molar-refractivity contribution < 1.29 is 0 Å². The molecule has 2 rings (SSSR count). The second kappa shape index (κ2) is 4.53. The summed E-state index contributed by atoms with van der Waals surface area (Å²) >= 11 is 0. The quantitative estimate of drug-likeness (QED) is 0.819. The Balaban J connectivity index is 1.92. The van der Waals surface area contributed by atoms with E-state index in [9.17, 15) is 0 Å². The van der Waals surface area contributed by atoms with E-state index in [1.807, 2.05) is 6.20 Å². The Morgan fingerprint density at radius 2 is 2.19 bits per heavy atom. The molecule has 0 aromatic carbocycles. The molecule has 0 fully saturated rings. The van der Waals surface area contributed by atoms with Gasteiger partial charge in [0.05, 0.1) is 6.54 Å². The lowest BCUT2D eigenvalue weighted by atomic mass is 10.2. The van der Waals surface area contributed by atoms with Gasteiger partial charge in [-0.3, -0.25) is 0 Å². The van der Waals surface area contributed by atoms with Crippen LogP contribution in [0.2, 0.25) is 0 Å². The molecule has 0 aliphatic carbocycles. The van der Waals surface area contributed by atoms with Crippen LogP contribution in [0.1, 0.15) is 22.8 Å². The molecule has 0 amide bonds. The Hall–Kier alpha value is -1.55. The number of aryl methyl sites for hydroxylation is 1. The fourth-order valence-corrected chi connectivity index (χ4v) is 1.82. The van der Waals surface area contributed by atoms with E-state index in [0.717, 1.165) is 18.9 Å². The standard InChI is InChI=1S/C12H18N4/c1-9-6-11(10(2)16(9)3)7-13-8-12-14-4-5-15-12/h4-6,13H,7-8H2,1-3H3,(H,14,15). The van der Waals surface area contributed by atoms with Crippen molar-refractivity contribution in [2.24, 2.45) is 7.05 Å². The van der Waals surface area contributed by atoms with Gasteiger partial charge in [0.25, 0.3) is 0 Å². The predicted octanol–water partition coefficient (Wildman–Crippen LogP) is 1.65. The molecule has 2 aromatic rings. The van der Waals surface area contributed by atoms with Crippen LogP contribution in [0.3, 0.4) is 0 Å². The van der Waals surface area contributed by atoms with Crippen LogP contribution in [0, 0.1) is 13.8 Å². The fraction of sp³-hybridized carbons (Fsp3) is 0.417. The molecule has 0 aliphatic rings. The largest absolute Gasteiger partial charge is 0.352 e. The zero-order valence-corrected chi connectivity index (χ0v) is 10.0. The van der Waals surface area contributed by atoms with Crippen LogP contribution < -0.4 is 5.32 Å². The van der Waals surface area contributed by atoms with E-state index in [4.69, 9.17) is 0 Å². The molecule has 2 N–H and O–H groups in total. The number of imidazole rings is 1. The van der Waals surface area contributed by atoms with Crippen molar-refractivity contribution in [3.8, 4) is 0 Å². The Morgan fingerprint density at radius 3 is 2.75 bits per heavy atom. The fourth-order valence-electron chi connectivity index (χ4n) is 1.82. The van der Waals surface area contributed by atoms with Crippen LogP contribution in [0.4, 0.5) is 0 Å². The van der Waals surface area contributed by atoms with Crippen molar-refractivity contribution in [2.45, 2.75) is 26.9 Å². The number of nitrogens with zero attached hydrogens (tertiary/aromatic N) is 2. The molecule has 0 saturated carbocycles. The molecule has 2 heterocycles. The first kappa shape index (κ1) is 11.0. The summed E-state index contributed by atoms with van der Waals surface area (Å²) in [5.41, 5.74) is 3.98. The van der Waals surface area contributed by atoms with Crippen molar-refractivity contribution in [1.82, 2.24) is 19.9 Å². The van der Waals surface area contributed by atoms with E-state index in [1.54, 1.807) is 6.20 Å². The molecule has 0 radical (unpaired) electrons. The highest BCUT2D eigenvalue weighted by Crippen LogP contribution is 2.12. The summed E-state index contributed by atoms with van der Waals surface area (Å²) in [5, 5.41) is 3.38. The lowest BCUT2D eigenvalue weighted by Crippen LogP contribution is -2.14. The van der Waals surface area contributed by atoms with Crippen LogP contribution in [-0.2, 0) is 20.1 Å². The maximum Gasteiger partial charge on any atom is 0.120 e. The number of hydrogen-bond donors (Lipinski definition) is 2. The number of nitrogens with one attached hydrogen (secondary N) is 2. The summed E-state index contributed by atoms with van der Waals surface area (Å²) in [6.45, 7) is 5.94. The Bertz CT molecular complexity index is 454. The lowest BCUT2D eigenvalue weighted by molar-refractivity contribution is 0.664. The van der Waals surface area contributed by atoms with Gasteiger partial charge in [-0.15, -0.1) is 0 Å². The third kappa shape index (κ3) is 2.17. The highest BCUT2D eigenvalue weighted by atomic mass is 15.0. The molecule has 0 atom stereocenters. The third-order valence-corrected chi connectivity index (χ3v) is 3.04. The number of aromatic nitrogens is 3. The van der Waals surface area contributed by atoms with E-state index in [2.05, 4.69) is 46.8 Å². The van der Waals surface area contributed by atoms with Gasteiger partial charge in [-0.2, -0.15) is 0 Å². The summed E-state index contributed by atoms with van der Waals surface area (Å²) in [4.78, 5) is 7.25. The number of hydrogen-bond acceptors (Lipinski definition) is 2. The van der Waals surface area contributed by atoms with E-state index in [1.165, 1.54) is 17.0 Å². The molecule has 0 saturated heterocycles. The molecule has 2 aromatic heterocycles. The molecule has 0 unspecified atom stereocenters. The molecule has 0 bridgehead atoms. The second-order valence-corrected chi connectivity index (χ2v) is 4.09. The Morgan fingerprint density at radius 1 is 1.38 bits per heavy atom. The molecular weight excluding hydrogens is 200 g/mol. The number of rotatable bonds is 4. The molecule has 86 valence electrons. The van der Waals surface area contributed by atoms with Crippen LogP contribution in [-0.4, -0.2) is 14.5 Å². The van der Waals surface area contributed by atoms with Gasteiger partial charge in [0.2, 0.25) is 0 Å². The normalized spacial score (nSPS) is 10.9. The lowest BCUT2D eigenvalue weighted by Gasteiger charge is -2.03. The van der Waals surface area contributed by atoms with Crippen LogP contribution in [0.25, 0.3) is 0 Å². The third-order valence-electron chi connectivity index (χ3n) is 3.04. The molecular formula is C12H18N4. The summed E-state index contributed by atoms with van der Waals surface area (Å²) in [6, 6.07) is 2.23. The minimum absolute atomic E-state index is 0.778. The molecule has 0 spiro atoms. The predicted molar refractivity (Wildman–Crippen MR) is 64.0 cm³/mol. The first-order valence-corrected chi connectivity index (χ1v) is 5.49. The van der Waals surface area contributed by atoms with Gasteiger partial charge in [-0.1, -0.05) is 0 Å². The monoisotopic (exact) mass is 218 g/mol. The van der Waals surface area contributed by atoms with Crippen molar-refractivity contribution in [3.05, 3.63) is 41.2 Å². The van der Waals surface area contributed by atoms with Crippen LogP contribution in [0.15, 0.2) is 18.5 Å². The van der Waals surface area contributed by atoms with E-state index < -0.39 is 0 Å². The van der Waals surface area contributed by atoms with Crippen molar-refractivity contribution in [3.63, 3.8) is 0 Å². The highest BCUT2D eigenvalue weighted by molar-refractivity contribution is 5.26. The Labute approximate surface area is 95.7 Å². The summed E-state index contributed by atoms with van der Waals surface area (Å²) in [5.74, 6) is 0.977. The zero-order chi connectivity index (χ0) is 11.5. The smallest absolute Gasteiger partial charge is 0.120 e. The molecule has 4 nitrogen and oxygen atoms in total. The molecule has 16 heavy (non-hydrogen) atoms. The SMILES string of the molecule is Cc1cc(CNCc2ncc[nH]2)c(C)n1C. The maximum atomic E-state index is 4.17. The van der Waals surface area contributed by atoms with Crippen LogP contribution in [0.5, 0.6) is 0 Å². The van der Waals surface area contributed by atoms with Crippen LogP contribution >= 0.6 is 0 Å². The van der Waals surface area contributed by atoms with Crippen molar-refractivity contribution in [1.29, 1.82) is 0 Å². The average molecular weight is 218 g/mol. The minimum atomic E-state index is 0.778. The van der Waals surface area contributed by atoms with Gasteiger partial charge in [0, 0.05) is 37.4 Å². The summed E-state index contributed by atoms with van der Waals surface area (Å²) < 4.78 is 2.21. The van der Waals surface area contributed by atoms with Gasteiger partial charge in [0.15, 0.2) is 0 Å². The van der Waals surface area contributed by atoms with Crippen molar-refractivity contribution in [2.75, 3.05) is 0 Å². The number of H-pyrrole nitrogens is 1. The summed E-state index contributed by atoms with van der Waals surface area (Å²) in [6.07, 6.45) is 3.61. The average Bonchev–Trinajstić information content (AvgIpc) is 2.85. The van der Waals surface area contributed by atoms with E-state index in [-0.39, 0.29) is 0 Å². The van der Waals surface area contributed by atoms with Gasteiger partial charge in [-0.25, -0.2) is 4.98 Å². The van der Waals surface area contributed by atoms with E-state index in [0.29, 0.717) is 0 Å². The zero-order valence-electron chi connectivity index (χ0n) is 10.0. The summed E-state index contributed by atoms with van der Waals surface area (Å²) in [7, 11) is 2.10. The first-order chi connectivity index (χ1) is 7.68. The van der Waals surface area contributed by atoms with Crippen molar-refractivity contribution >= 4 is 0 Å².